The van der Waals surface area contributed by atoms with E-state index in [1.807, 2.05) is 0 Å². The molecule has 0 aromatic heterocycles. The summed E-state index contributed by atoms with van der Waals surface area (Å²) in [4.78, 5) is 0. The largest absolute Gasteiger partial charge is 0.394 e. The van der Waals surface area contributed by atoms with Crippen LogP contribution in [-0.2, 0) is 14.9 Å². The highest BCUT2D eigenvalue weighted by Crippen LogP contribution is 2.50. The Morgan fingerprint density at radius 2 is 1.18 bits per heavy atom. The third kappa shape index (κ3) is 5.15. The van der Waals surface area contributed by atoms with E-state index >= 15 is 0 Å². The summed E-state index contributed by atoms with van der Waals surface area (Å²) in [5.74, 6) is 1.34. The maximum absolute atomic E-state index is 9.02. The minimum Gasteiger partial charge on any atom is -0.394 e. The lowest BCUT2D eigenvalue weighted by Crippen LogP contribution is -2.44. The number of aliphatic hydroxyl groups excluding tert-OH is 2. The maximum atomic E-state index is 9.02. The Hall–Kier alpha value is -0.940. The summed E-state index contributed by atoms with van der Waals surface area (Å²) in [5.41, 5.74) is 1.67. The molecule has 2 N–H and O–H groups in total. The van der Waals surface area contributed by atoms with Crippen LogP contribution in [0.3, 0.4) is 0 Å². The van der Waals surface area contributed by atoms with E-state index in [0.29, 0.717) is 37.3 Å². The summed E-state index contributed by atoms with van der Waals surface area (Å²) in [7, 11) is 0. The third-order valence-electron chi connectivity index (χ3n) is 7.33. The molecule has 0 unspecified atom stereocenters. The summed E-state index contributed by atoms with van der Waals surface area (Å²) in [5, 5.41) is 18.0. The fourth-order valence-electron chi connectivity index (χ4n) is 5.70. The van der Waals surface area contributed by atoms with Crippen molar-refractivity contribution in [3.8, 4) is 0 Å². The number of ether oxygens (including phenoxy) is 2. The summed E-state index contributed by atoms with van der Waals surface area (Å²) in [6, 6.07) is 11.1. The van der Waals surface area contributed by atoms with E-state index < -0.39 is 0 Å². The van der Waals surface area contributed by atoms with Gasteiger partial charge in [0.15, 0.2) is 0 Å². The molecule has 28 heavy (non-hydrogen) atoms. The Balaban J connectivity index is 1.69. The van der Waals surface area contributed by atoms with Crippen LogP contribution < -0.4 is 0 Å². The second-order valence-electron chi connectivity index (χ2n) is 8.78. The van der Waals surface area contributed by atoms with Gasteiger partial charge in [0, 0.05) is 0 Å². The molecule has 0 radical (unpaired) electrons. The molecule has 4 nitrogen and oxygen atoms in total. The molecule has 0 aliphatic heterocycles. The number of aliphatic hydroxyl groups is 2. The molecule has 2 saturated carbocycles. The second-order valence-corrected chi connectivity index (χ2v) is 8.78. The normalized spacial score (nSPS) is 30.7. The molecule has 0 heterocycles. The van der Waals surface area contributed by atoms with Crippen LogP contribution >= 0.6 is 0 Å². The molecule has 1 aromatic rings. The Morgan fingerprint density at radius 1 is 0.750 bits per heavy atom. The maximum Gasteiger partial charge on any atom is 0.0701 e. The minimum atomic E-state index is 0.114. The molecule has 158 valence electrons. The first kappa shape index (κ1) is 21.8. The zero-order valence-corrected chi connectivity index (χ0v) is 17.4. The van der Waals surface area contributed by atoms with Crippen molar-refractivity contribution in [1.29, 1.82) is 0 Å². The van der Waals surface area contributed by atoms with Crippen molar-refractivity contribution < 1.29 is 19.7 Å². The highest BCUT2D eigenvalue weighted by atomic mass is 16.5. The quantitative estimate of drug-likeness (QED) is 0.667. The third-order valence-corrected chi connectivity index (χ3v) is 7.33. The summed E-state index contributed by atoms with van der Waals surface area (Å²) in [6.07, 6.45) is 9.81. The fraction of sp³-hybridized carbons (Fsp3) is 0.750. The lowest BCUT2D eigenvalue weighted by atomic mass is 9.56. The molecule has 2 aliphatic carbocycles. The van der Waals surface area contributed by atoms with E-state index in [-0.39, 0.29) is 18.6 Å². The number of benzene rings is 1. The van der Waals surface area contributed by atoms with Gasteiger partial charge in [-0.15, -0.1) is 0 Å². The predicted molar refractivity (Wildman–Crippen MR) is 111 cm³/mol. The molecule has 0 bridgehead atoms. The van der Waals surface area contributed by atoms with E-state index in [1.54, 1.807) is 0 Å². The summed E-state index contributed by atoms with van der Waals surface area (Å²) < 4.78 is 11.6. The first-order valence-electron chi connectivity index (χ1n) is 11.2. The Morgan fingerprint density at radius 3 is 1.57 bits per heavy atom. The first-order chi connectivity index (χ1) is 13.7. The Bertz CT molecular complexity index is 517. The van der Waals surface area contributed by atoms with Gasteiger partial charge in [-0.05, 0) is 74.2 Å². The molecular weight excluding hydrogens is 352 g/mol. The van der Waals surface area contributed by atoms with Gasteiger partial charge in [-0.3, -0.25) is 0 Å². The zero-order valence-electron chi connectivity index (χ0n) is 17.4. The highest BCUT2D eigenvalue weighted by Gasteiger charge is 2.45. The molecule has 0 amide bonds. The molecule has 1 aromatic carbocycles. The molecular formula is C24H38O4. The van der Waals surface area contributed by atoms with Crippen LogP contribution in [0.2, 0.25) is 0 Å². The molecule has 2 fully saturated rings. The van der Waals surface area contributed by atoms with Crippen LogP contribution in [0.4, 0.5) is 0 Å². The van der Waals surface area contributed by atoms with Crippen molar-refractivity contribution in [2.75, 3.05) is 26.4 Å². The van der Waals surface area contributed by atoms with Gasteiger partial charge in [-0.1, -0.05) is 37.3 Å². The highest BCUT2D eigenvalue weighted by molar-refractivity contribution is 5.27. The van der Waals surface area contributed by atoms with Gasteiger partial charge in [-0.25, -0.2) is 0 Å². The zero-order chi connectivity index (χ0) is 19.8. The van der Waals surface area contributed by atoms with Crippen LogP contribution in [0.5, 0.6) is 0 Å². The smallest absolute Gasteiger partial charge is 0.0701 e. The number of hydrogen-bond donors (Lipinski definition) is 2. The van der Waals surface area contributed by atoms with Crippen molar-refractivity contribution >= 4 is 0 Å². The van der Waals surface area contributed by atoms with Gasteiger partial charge < -0.3 is 19.7 Å². The van der Waals surface area contributed by atoms with Gasteiger partial charge in [0.2, 0.25) is 0 Å². The lowest BCUT2D eigenvalue weighted by Gasteiger charge is -2.49. The van der Waals surface area contributed by atoms with Crippen LogP contribution in [-0.4, -0.2) is 48.8 Å². The van der Waals surface area contributed by atoms with E-state index in [0.717, 1.165) is 25.7 Å². The van der Waals surface area contributed by atoms with Crippen molar-refractivity contribution in [3.05, 3.63) is 35.9 Å². The Labute approximate surface area is 170 Å². The first-order valence-corrected chi connectivity index (χ1v) is 11.2. The average Bonchev–Trinajstić information content (AvgIpc) is 2.77. The van der Waals surface area contributed by atoms with E-state index in [2.05, 4.69) is 37.3 Å². The molecule has 0 atom stereocenters. The van der Waals surface area contributed by atoms with Gasteiger partial charge >= 0.3 is 0 Å². The Kier molecular flexibility index (Phi) is 8.34. The summed E-state index contributed by atoms with van der Waals surface area (Å²) >= 11 is 0. The average molecular weight is 391 g/mol. The standard InChI is InChI=1S/C24H38O4/c1-24(19-5-3-2-4-6-19,20-7-11-22(12-8-20)27-17-15-25)21-9-13-23(14-10-21)28-18-16-26/h2-6,20-23,25-26H,7-18H2,1H3. The SMILES string of the molecule is CC(c1ccccc1)(C1CCC(OCCO)CC1)C1CCC(OCCO)CC1. The predicted octanol–water partition coefficient (Wildman–Crippen LogP) is 4.08. The summed E-state index contributed by atoms with van der Waals surface area (Å²) in [6.45, 7) is 3.65. The second kappa shape index (κ2) is 10.7. The monoisotopic (exact) mass is 390 g/mol. The number of hydrogen-bond acceptors (Lipinski definition) is 4. The number of rotatable bonds is 9. The van der Waals surface area contributed by atoms with Crippen LogP contribution in [0, 0.1) is 11.8 Å². The van der Waals surface area contributed by atoms with Gasteiger partial charge in [0.05, 0.1) is 38.6 Å². The van der Waals surface area contributed by atoms with Gasteiger partial charge in [0.25, 0.3) is 0 Å². The van der Waals surface area contributed by atoms with Crippen molar-refractivity contribution in [3.63, 3.8) is 0 Å². The van der Waals surface area contributed by atoms with Crippen LogP contribution in [0.15, 0.2) is 30.3 Å². The fourth-order valence-corrected chi connectivity index (χ4v) is 5.70. The molecule has 0 spiro atoms. The van der Waals surface area contributed by atoms with Gasteiger partial charge in [0.1, 0.15) is 0 Å². The molecule has 4 heteroatoms. The topological polar surface area (TPSA) is 58.9 Å². The lowest BCUT2D eigenvalue weighted by molar-refractivity contribution is -0.0285. The molecule has 2 aliphatic rings. The van der Waals surface area contributed by atoms with Gasteiger partial charge in [-0.2, -0.15) is 0 Å². The van der Waals surface area contributed by atoms with Crippen molar-refractivity contribution in [1.82, 2.24) is 0 Å². The van der Waals surface area contributed by atoms with E-state index in [1.165, 1.54) is 31.2 Å². The van der Waals surface area contributed by atoms with E-state index in [9.17, 15) is 0 Å². The molecule has 3 rings (SSSR count). The van der Waals surface area contributed by atoms with Crippen LogP contribution in [0.25, 0.3) is 0 Å². The van der Waals surface area contributed by atoms with Crippen molar-refractivity contribution in [2.24, 2.45) is 11.8 Å². The molecule has 0 saturated heterocycles. The van der Waals surface area contributed by atoms with E-state index in [4.69, 9.17) is 19.7 Å². The van der Waals surface area contributed by atoms with Crippen molar-refractivity contribution in [2.45, 2.75) is 75.9 Å². The minimum absolute atomic E-state index is 0.114. The van der Waals surface area contributed by atoms with Crippen LogP contribution in [0.1, 0.15) is 63.9 Å².